The molecular formula is C21H19N7O2. The van der Waals surface area contributed by atoms with Crippen molar-refractivity contribution in [1.82, 2.24) is 30.1 Å². The highest BCUT2D eigenvalue weighted by atomic mass is 16.5. The van der Waals surface area contributed by atoms with E-state index in [2.05, 4.69) is 31.6 Å². The molecule has 150 valence electrons. The Bertz CT molecular complexity index is 1250. The van der Waals surface area contributed by atoms with Crippen LogP contribution in [0.2, 0.25) is 0 Å². The molecule has 1 N–H and O–H groups in total. The fourth-order valence-electron chi connectivity index (χ4n) is 3.23. The van der Waals surface area contributed by atoms with Gasteiger partial charge in [0.1, 0.15) is 11.6 Å². The molecule has 0 unspecified atom stereocenters. The molecule has 0 fully saturated rings. The average molecular weight is 401 g/mol. The monoisotopic (exact) mass is 401 g/mol. The highest BCUT2D eigenvalue weighted by Crippen LogP contribution is 2.19. The molecule has 4 rings (SSSR count). The molecule has 9 heteroatoms. The Balaban J connectivity index is 1.38. The van der Waals surface area contributed by atoms with Crippen LogP contribution in [0.15, 0.2) is 41.2 Å². The van der Waals surface area contributed by atoms with Gasteiger partial charge in [-0.2, -0.15) is 10.4 Å². The lowest BCUT2D eigenvalue weighted by molar-refractivity contribution is 0.0944. The summed E-state index contributed by atoms with van der Waals surface area (Å²) in [6.45, 7) is 4.23. The highest BCUT2D eigenvalue weighted by Gasteiger charge is 2.16. The van der Waals surface area contributed by atoms with Crippen LogP contribution in [0, 0.1) is 25.2 Å². The van der Waals surface area contributed by atoms with Crippen LogP contribution in [0.5, 0.6) is 0 Å². The maximum Gasteiger partial charge on any atom is 0.273 e. The van der Waals surface area contributed by atoms with Crippen LogP contribution in [-0.2, 0) is 6.42 Å². The number of aromatic nitrogens is 5. The van der Waals surface area contributed by atoms with E-state index in [-0.39, 0.29) is 11.6 Å². The zero-order valence-corrected chi connectivity index (χ0v) is 16.6. The lowest BCUT2D eigenvalue weighted by atomic mass is 10.1. The number of amides is 1. The third-order valence-corrected chi connectivity index (χ3v) is 4.64. The van der Waals surface area contributed by atoms with E-state index >= 15 is 0 Å². The largest absolute Gasteiger partial charge is 0.355 e. The van der Waals surface area contributed by atoms with Gasteiger partial charge in [0.05, 0.1) is 5.69 Å². The van der Waals surface area contributed by atoms with Gasteiger partial charge in [-0.1, -0.05) is 5.16 Å². The SMILES string of the molecule is Cc1cc(C)n2nc(CCCNC(=O)c3cc(-c4cccnc4)on3)c(C#N)c2n1. The van der Waals surface area contributed by atoms with Crippen molar-refractivity contribution in [2.45, 2.75) is 26.7 Å². The van der Waals surface area contributed by atoms with Gasteiger partial charge in [-0.15, -0.1) is 0 Å². The van der Waals surface area contributed by atoms with Crippen molar-refractivity contribution in [2.24, 2.45) is 0 Å². The lowest BCUT2D eigenvalue weighted by Crippen LogP contribution is -2.25. The molecule has 0 aliphatic carbocycles. The second-order valence-corrected chi connectivity index (χ2v) is 6.89. The van der Waals surface area contributed by atoms with Crippen molar-refractivity contribution >= 4 is 11.6 Å². The van der Waals surface area contributed by atoms with Crippen molar-refractivity contribution in [3.05, 3.63) is 65.0 Å². The van der Waals surface area contributed by atoms with E-state index in [0.717, 1.165) is 17.0 Å². The number of carbonyl (C=O) groups is 1. The van der Waals surface area contributed by atoms with Gasteiger partial charge < -0.3 is 9.84 Å². The fraction of sp³-hybridized carbons (Fsp3) is 0.238. The number of nitriles is 1. The van der Waals surface area contributed by atoms with E-state index in [0.29, 0.717) is 42.1 Å². The summed E-state index contributed by atoms with van der Waals surface area (Å²) in [6, 6.07) is 9.32. The van der Waals surface area contributed by atoms with E-state index < -0.39 is 0 Å². The molecule has 9 nitrogen and oxygen atoms in total. The number of carbonyl (C=O) groups excluding carboxylic acids is 1. The Morgan fingerprint density at radius 1 is 1.33 bits per heavy atom. The molecule has 0 aromatic carbocycles. The summed E-state index contributed by atoms with van der Waals surface area (Å²) in [5, 5.41) is 20.7. The van der Waals surface area contributed by atoms with Crippen LogP contribution in [0.1, 0.15) is 39.6 Å². The van der Waals surface area contributed by atoms with Gasteiger partial charge in [-0.3, -0.25) is 9.78 Å². The number of fused-ring (bicyclic) bond motifs is 1. The van der Waals surface area contributed by atoms with Crippen LogP contribution in [-0.4, -0.2) is 37.2 Å². The topological polar surface area (TPSA) is 122 Å². The number of nitrogens with one attached hydrogen (secondary N) is 1. The van der Waals surface area contributed by atoms with Gasteiger partial charge in [0.2, 0.25) is 0 Å². The van der Waals surface area contributed by atoms with Gasteiger partial charge in [0.25, 0.3) is 5.91 Å². The van der Waals surface area contributed by atoms with Crippen LogP contribution in [0.4, 0.5) is 0 Å². The highest BCUT2D eigenvalue weighted by molar-refractivity contribution is 5.93. The fourth-order valence-corrected chi connectivity index (χ4v) is 3.23. The van der Waals surface area contributed by atoms with Gasteiger partial charge in [-0.05, 0) is 44.9 Å². The lowest BCUT2D eigenvalue weighted by Gasteiger charge is -2.01. The third kappa shape index (κ3) is 3.75. The second kappa shape index (κ2) is 8.13. The van der Waals surface area contributed by atoms with Crippen LogP contribution in [0.3, 0.4) is 0 Å². The second-order valence-electron chi connectivity index (χ2n) is 6.89. The molecule has 0 aliphatic heterocycles. The molecule has 0 saturated carbocycles. The van der Waals surface area contributed by atoms with E-state index in [1.54, 1.807) is 29.0 Å². The summed E-state index contributed by atoms with van der Waals surface area (Å²) in [5.41, 5.74) is 4.43. The Labute approximate surface area is 172 Å². The molecule has 4 aromatic heterocycles. The first kappa shape index (κ1) is 19.3. The number of pyridine rings is 1. The molecule has 4 heterocycles. The summed E-state index contributed by atoms with van der Waals surface area (Å²) in [4.78, 5) is 20.8. The van der Waals surface area contributed by atoms with E-state index in [1.807, 2.05) is 26.0 Å². The van der Waals surface area contributed by atoms with Crippen molar-refractivity contribution in [1.29, 1.82) is 5.26 Å². The van der Waals surface area contributed by atoms with Gasteiger partial charge in [-0.25, -0.2) is 9.50 Å². The third-order valence-electron chi connectivity index (χ3n) is 4.64. The number of nitrogens with zero attached hydrogens (tertiary/aromatic N) is 6. The first-order chi connectivity index (χ1) is 14.6. The van der Waals surface area contributed by atoms with Crippen molar-refractivity contribution < 1.29 is 9.32 Å². The summed E-state index contributed by atoms with van der Waals surface area (Å²) in [6.07, 6.45) is 4.47. The zero-order chi connectivity index (χ0) is 21.1. The molecule has 0 atom stereocenters. The maximum atomic E-state index is 12.3. The molecule has 1 amide bonds. The minimum absolute atomic E-state index is 0.203. The Kier molecular flexibility index (Phi) is 5.22. The zero-order valence-electron chi connectivity index (χ0n) is 16.6. The minimum Gasteiger partial charge on any atom is -0.355 e. The Morgan fingerprint density at radius 2 is 2.20 bits per heavy atom. The number of hydrogen-bond donors (Lipinski definition) is 1. The summed E-state index contributed by atoms with van der Waals surface area (Å²) in [5.74, 6) is 0.160. The first-order valence-electron chi connectivity index (χ1n) is 9.48. The summed E-state index contributed by atoms with van der Waals surface area (Å²) < 4.78 is 6.91. The molecular weight excluding hydrogens is 382 g/mol. The van der Waals surface area contributed by atoms with E-state index in [4.69, 9.17) is 4.52 Å². The Hall–Kier alpha value is -4.06. The Morgan fingerprint density at radius 3 is 2.97 bits per heavy atom. The molecule has 0 radical (unpaired) electrons. The normalized spacial score (nSPS) is 10.8. The van der Waals surface area contributed by atoms with Gasteiger partial charge in [0.15, 0.2) is 17.1 Å². The molecule has 4 aromatic rings. The molecule has 0 aliphatic rings. The van der Waals surface area contributed by atoms with E-state index in [1.165, 1.54) is 0 Å². The van der Waals surface area contributed by atoms with Crippen LogP contribution >= 0.6 is 0 Å². The molecule has 0 bridgehead atoms. The summed E-state index contributed by atoms with van der Waals surface area (Å²) >= 11 is 0. The maximum absolute atomic E-state index is 12.3. The summed E-state index contributed by atoms with van der Waals surface area (Å²) in [7, 11) is 0. The molecule has 0 saturated heterocycles. The predicted molar refractivity (Wildman–Crippen MR) is 108 cm³/mol. The minimum atomic E-state index is -0.322. The van der Waals surface area contributed by atoms with Crippen LogP contribution in [0.25, 0.3) is 17.0 Å². The first-order valence-corrected chi connectivity index (χ1v) is 9.48. The standard InChI is InChI=1S/C21H19N7O2/c1-13-9-14(2)28-20(25-13)16(11-22)17(26-28)6-4-8-24-21(29)18-10-19(30-27-18)15-5-3-7-23-12-15/h3,5,7,9-10,12H,4,6,8H2,1-2H3,(H,24,29). The number of hydrogen-bond acceptors (Lipinski definition) is 7. The number of rotatable bonds is 6. The van der Waals surface area contributed by atoms with Gasteiger partial charge in [0, 0.05) is 42.0 Å². The van der Waals surface area contributed by atoms with Crippen molar-refractivity contribution in [3.8, 4) is 17.4 Å². The van der Waals surface area contributed by atoms with E-state index in [9.17, 15) is 10.1 Å². The van der Waals surface area contributed by atoms with Gasteiger partial charge >= 0.3 is 0 Å². The quantitative estimate of drug-likeness (QED) is 0.493. The average Bonchev–Trinajstić information content (AvgIpc) is 3.37. The number of aryl methyl sites for hydroxylation is 3. The molecule has 30 heavy (non-hydrogen) atoms. The van der Waals surface area contributed by atoms with Crippen LogP contribution < -0.4 is 5.32 Å². The smallest absolute Gasteiger partial charge is 0.273 e. The van der Waals surface area contributed by atoms with Crippen molar-refractivity contribution in [3.63, 3.8) is 0 Å². The predicted octanol–water partition coefficient (Wildman–Crippen LogP) is 2.63. The molecule has 0 spiro atoms. The van der Waals surface area contributed by atoms with Crippen molar-refractivity contribution in [2.75, 3.05) is 6.54 Å².